The van der Waals surface area contributed by atoms with Gasteiger partial charge in [-0.25, -0.2) is 0 Å². The van der Waals surface area contributed by atoms with E-state index in [1.807, 2.05) is 66.7 Å². The summed E-state index contributed by atoms with van der Waals surface area (Å²) < 4.78 is 0.956. The van der Waals surface area contributed by atoms with E-state index in [9.17, 15) is 4.79 Å². The third-order valence-corrected chi connectivity index (χ3v) is 5.50. The zero-order chi connectivity index (χ0) is 19.3. The summed E-state index contributed by atoms with van der Waals surface area (Å²) in [4.78, 5) is 14.7. The maximum absolute atomic E-state index is 12.6. The summed E-state index contributed by atoms with van der Waals surface area (Å²) in [6.45, 7) is 1.60. The Morgan fingerprint density at radius 3 is 2.43 bits per heavy atom. The maximum atomic E-state index is 12.6. The van der Waals surface area contributed by atoms with E-state index in [1.54, 1.807) is 0 Å². The molecule has 1 aliphatic rings. The van der Waals surface area contributed by atoms with E-state index in [2.05, 4.69) is 36.3 Å². The van der Waals surface area contributed by atoms with Crippen molar-refractivity contribution >= 4 is 33.3 Å². The number of rotatable bonds is 4. The molecule has 142 valence electrons. The number of hydrogen-bond acceptors (Lipinski definition) is 4. The highest BCUT2D eigenvalue weighted by atomic mass is 79.9. The highest BCUT2D eigenvalue weighted by molar-refractivity contribution is 9.10. The second-order valence-electron chi connectivity index (χ2n) is 6.90. The summed E-state index contributed by atoms with van der Waals surface area (Å²) in [5.41, 5.74) is 2.75. The van der Waals surface area contributed by atoms with E-state index < -0.39 is 0 Å². The molecule has 0 aliphatic carbocycles. The number of amides is 1. The van der Waals surface area contributed by atoms with Gasteiger partial charge in [-0.2, -0.15) is 0 Å². The minimum atomic E-state index is 0.0202. The van der Waals surface area contributed by atoms with Gasteiger partial charge in [0.2, 0.25) is 5.91 Å². The Labute approximate surface area is 172 Å². The van der Waals surface area contributed by atoms with Crippen LogP contribution in [0, 0.1) is 5.92 Å². The molecule has 6 heteroatoms. The number of benzene rings is 2. The fourth-order valence-electron chi connectivity index (χ4n) is 3.44. The fourth-order valence-corrected chi connectivity index (χ4v) is 3.84. The lowest BCUT2D eigenvalue weighted by molar-refractivity contribution is -0.120. The third kappa shape index (κ3) is 4.39. The third-order valence-electron chi connectivity index (χ3n) is 5.00. The number of hydrogen-bond donors (Lipinski definition) is 1. The van der Waals surface area contributed by atoms with E-state index in [-0.39, 0.29) is 11.8 Å². The molecule has 0 spiro atoms. The average Bonchev–Trinajstić information content (AvgIpc) is 2.75. The molecule has 1 saturated heterocycles. The van der Waals surface area contributed by atoms with Crippen LogP contribution in [-0.2, 0) is 4.79 Å². The van der Waals surface area contributed by atoms with Crippen molar-refractivity contribution in [2.45, 2.75) is 12.8 Å². The van der Waals surface area contributed by atoms with Crippen LogP contribution in [0.4, 0.5) is 11.5 Å². The van der Waals surface area contributed by atoms with Gasteiger partial charge in [0.05, 0.1) is 5.69 Å². The minimum absolute atomic E-state index is 0.0202. The minimum Gasteiger partial charge on any atom is -0.355 e. The molecule has 3 aromatic rings. The van der Waals surface area contributed by atoms with Crippen LogP contribution in [-0.4, -0.2) is 29.2 Å². The van der Waals surface area contributed by atoms with Crippen LogP contribution in [0.25, 0.3) is 11.3 Å². The molecule has 1 amide bonds. The SMILES string of the molecule is O=C(Nc1cccc(Br)c1)C1CCN(c2ccc(-c3ccccc3)nn2)CC1. The first-order valence-electron chi connectivity index (χ1n) is 9.39. The highest BCUT2D eigenvalue weighted by Crippen LogP contribution is 2.25. The molecule has 1 N–H and O–H groups in total. The number of anilines is 2. The number of nitrogens with zero attached hydrogens (tertiary/aromatic N) is 3. The zero-order valence-electron chi connectivity index (χ0n) is 15.4. The summed E-state index contributed by atoms with van der Waals surface area (Å²) in [6.07, 6.45) is 1.61. The monoisotopic (exact) mass is 436 g/mol. The van der Waals surface area contributed by atoms with Crippen molar-refractivity contribution in [1.29, 1.82) is 0 Å². The number of aromatic nitrogens is 2. The van der Waals surface area contributed by atoms with Crippen LogP contribution in [0.5, 0.6) is 0 Å². The van der Waals surface area contributed by atoms with E-state index in [1.165, 1.54) is 0 Å². The van der Waals surface area contributed by atoms with Crippen molar-refractivity contribution in [3.8, 4) is 11.3 Å². The molecule has 0 bridgehead atoms. The van der Waals surface area contributed by atoms with Crippen LogP contribution in [0.15, 0.2) is 71.2 Å². The summed E-state index contributed by atoms with van der Waals surface area (Å²) in [5, 5.41) is 11.8. The predicted molar refractivity (Wildman–Crippen MR) is 115 cm³/mol. The van der Waals surface area contributed by atoms with Crippen molar-refractivity contribution in [3.63, 3.8) is 0 Å². The van der Waals surface area contributed by atoms with E-state index >= 15 is 0 Å². The molecule has 2 aromatic carbocycles. The van der Waals surface area contributed by atoms with Crippen LogP contribution >= 0.6 is 15.9 Å². The summed E-state index contributed by atoms with van der Waals surface area (Å²) in [6, 6.07) is 21.7. The molecular weight excluding hydrogens is 416 g/mol. The second kappa shape index (κ2) is 8.52. The van der Waals surface area contributed by atoms with Crippen molar-refractivity contribution in [2.24, 2.45) is 5.92 Å². The lowest BCUT2D eigenvalue weighted by atomic mass is 9.96. The largest absolute Gasteiger partial charge is 0.355 e. The molecular formula is C22H21BrN4O. The Kier molecular flexibility index (Phi) is 5.67. The smallest absolute Gasteiger partial charge is 0.227 e. The Bertz CT molecular complexity index is 938. The first-order valence-corrected chi connectivity index (χ1v) is 10.2. The molecule has 28 heavy (non-hydrogen) atoms. The van der Waals surface area contributed by atoms with Crippen LogP contribution < -0.4 is 10.2 Å². The first-order chi connectivity index (χ1) is 13.7. The summed E-state index contributed by atoms with van der Waals surface area (Å²) in [7, 11) is 0. The molecule has 0 unspecified atom stereocenters. The molecule has 0 atom stereocenters. The van der Waals surface area contributed by atoms with Gasteiger partial charge < -0.3 is 10.2 Å². The van der Waals surface area contributed by atoms with Crippen molar-refractivity contribution in [3.05, 3.63) is 71.2 Å². The molecule has 1 fully saturated rings. The second-order valence-corrected chi connectivity index (χ2v) is 7.82. The molecule has 0 saturated carbocycles. The van der Waals surface area contributed by atoms with Gasteiger partial charge in [0, 0.05) is 34.7 Å². The number of nitrogens with one attached hydrogen (secondary N) is 1. The van der Waals surface area contributed by atoms with Crippen molar-refractivity contribution < 1.29 is 4.79 Å². The quantitative estimate of drug-likeness (QED) is 0.640. The molecule has 1 aromatic heterocycles. The Morgan fingerprint density at radius 1 is 0.964 bits per heavy atom. The Balaban J connectivity index is 1.34. The van der Waals surface area contributed by atoms with Crippen LogP contribution in [0.2, 0.25) is 0 Å². The predicted octanol–water partition coefficient (Wildman–Crippen LogP) is 4.76. The van der Waals surface area contributed by atoms with Gasteiger partial charge in [0.1, 0.15) is 0 Å². The maximum Gasteiger partial charge on any atom is 0.227 e. The van der Waals surface area contributed by atoms with Gasteiger partial charge in [0.25, 0.3) is 0 Å². The summed E-state index contributed by atoms with van der Waals surface area (Å²) >= 11 is 3.43. The van der Waals surface area contributed by atoms with E-state index in [4.69, 9.17) is 0 Å². The standard InChI is InChI=1S/C22H21BrN4O/c23-18-7-4-8-19(15-18)24-22(28)17-11-13-27(14-12-17)21-10-9-20(25-26-21)16-5-2-1-3-6-16/h1-10,15,17H,11-14H2,(H,24,28). The summed E-state index contributed by atoms with van der Waals surface area (Å²) in [5.74, 6) is 0.973. The van der Waals surface area contributed by atoms with Gasteiger partial charge in [0.15, 0.2) is 5.82 Å². The van der Waals surface area contributed by atoms with Gasteiger partial charge >= 0.3 is 0 Å². The molecule has 0 radical (unpaired) electrons. The van der Waals surface area contributed by atoms with Crippen molar-refractivity contribution in [2.75, 3.05) is 23.3 Å². The van der Waals surface area contributed by atoms with Gasteiger partial charge in [-0.1, -0.05) is 52.3 Å². The van der Waals surface area contributed by atoms with Gasteiger partial charge in [-0.3, -0.25) is 4.79 Å². The molecule has 2 heterocycles. The van der Waals surface area contributed by atoms with Crippen molar-refractivity contribution in [1.82, 2.24) is 10.2 Å². The van der Waals surface area contributed by atoms with Gasteiger partial charge in [-0.15, -0.1) is 10.2 Å². The highest BCUT2D eigenvalue weighted by Gasteiger charge is 2.26. The Morgan fingerprint density at radius 2 is 1.75 bits per heavy atom. The number of carbonyl (C=O) groups excluding carboxylic acids is 1. The van der Waals surface area contributed by atoms with Gasteiger partial charge in [-0.05, 0) is 43.2 Å². The lowest BCUT2D eigenvalue weighted by Gasteiger charge is -2.31. The molecule has 4 rings (SSSR count). The molecule has 5 nitrogen and oxygen atoms in total. The van der Waals surface area contributed by atoms with E-state index in [0.717, 1.165) is 53.2 Å². The topological polar surface area (TPSA) is 58.1 Å². The zero-order valence-corrected chi connectivity index (χ0v) is 17.0. The normalized spacial score (nSPS) is 14.7. The fraction of sp³-hybridized carbons (Fsp3) is 0.227. The lowest BCUT2D eigenvalue weighted by Crippen LogP contribution is -2.38. The Hall–Kier alpha value is -2.73. The number of halogens is 1. The number of piperidine rings is 1. The first kappa shape index (κ1) is 18.6. The van der Waals surface area contributed by atoms with E-state index in [0.29, 0.717) is 0 Å². The average molecular weight is 437 g/mol. The number of carbonyl (C=O) groups is 1. The van der Waals surface area contributed by atoms with Crippen LogP contribution in [0.1, 0.15) is 12.8 Å². The van der Waals surface area contributed by atoms with Crippen LogP contribution in [0.3, 0.4) is 0 Å². The molecule has 1 aliphatic heterocycles.